The SMILES string of the molecule is CNc1nc2c(C)cc(OC)cc2cc1C(C)(C)C. The average Bonchev–Trinajstić information content (AvgIpc) is 2.36. The molecule has 102 valence electrons. The van der Waals surface area contributed by atoms with Crippen LogP contribution >= 0.6 is 0 Å². The zero-order chi connectivity index (χ0) is 14.2. The van der Waals surface area contributed by atoms with Crippen LogP contribution in [0.2, 0.25) is 0 Å². The van der Waals surface area contributed by atoms with E-state index in [1.54, 1.807) is 7.11 Å². The summed E-state index contributed by atoms with van der Waals surface area (Å²) in [7, 11) is 3.61. The Morgan fingerprint density at radius 2 is 1.84 bits per heavy atom. The molecule has 0 saturated carbocycles. The van der Waals surface area contributed by atoms with E-state index in [0.29, 0.717) is 0 Å². The molecule has 3 nitrogen and oxygen atoms in total. The molecule has 1 aromatic carbocycles. The van der Waals surface area contributed by atoms with Crippen LogP contribution in [0.5, 0.6) is 5.75 Å². The third-order valence-electron chi connectivity index (χ3n) is 3.36. The number of rotatable bonds is 2. The van der Waals surface area contributed by atoms with E-state index in [2.05, 4.69) is 39.1 Å². The van der Waals surface area contributed by atoms with Crippen LogP contribution in [0.4, 0.5) is 5.82 Å². The van der Waals surface area contributed by atoms with Gasteiger partial charge in [0.25, 0.3) is 0 Å². The minimum absolute atomic E-state index is 0.0521. The van der Waals surface area contributed by atoms with Crippen LogP contribution in [0.15, 0.2) is 18.2 Å². The van der Waals surface area contributed by atoms with Crippen molar-refractivity contribution < 1.29 is 4.74 Å². The standard InChI is InChI=1S/C16H22N2O/c1-10-7-12(19-6)8-11-9-13(16(2,3)4)15(17-5)18-14(10)11/h7-9H,1-6H3,(H,17,18). The van der Waals surface area contributed by atoms with Crippen molar-refractivity contribution >= 4 is 16.7 Å². The summed E-state index contributed by atoms with van der Waals surface area (Å²) in [5.41, 5.74) is 3.43. The highest BCUT2D eigenvalue weighted by Gasteiger charge is 2.20. The molecule has 0 saturated heterocycles. The molecule has 0 aliphatic rings. The third kappa shape index (κ3) is 2.50. The Morgan fingerprint density at radius 1 is 1.16 bits per heavy atom. The number of hydrogen-bond donors (Lipinski definition) is 1. The number of pyridine rings is 1. The van der Waals surface area contributed by atoms with Gasteiger partial charge in [-0.1, -0.05) is 20.8 Å². The molecule has 0 spiro atoms. The van der Waals surface area contributed by atoms with Crippen molar-refractivity contribution in [1.82, 2.24) is 4.98 Å². The summed E-state index contributed by atoms with van der Waals surface area (Å²) in [6.07, 6.45) is 0. The Labute approximate surface area is 115 Å². The fourth-order valence-corrected chi connectivity index (χ4v) is 2.31. The van der Waals surface area contributed by atoms with Crippen LogP contribution in [0.3, 0.4) is 0 Å². The predicted molar refractivity (Wildman–Crippen MR) is 81.3 cm³/mol. The number of anilines is 1. The molecule has 19 heavy (non-hydrogen) atoms. The second-order valence-electron chi connectivity index (χ2n) is 5.90. The first-order valence-corrected chi connectivity index (χ1v) is 6.54. The maximum atomic E-state index is 5.34. The van der Waals surface area contributed by atoms with Crippen molar-refractivity contribution in [3.05, 3.63) is 29.3 Å². The Hall–Kier alpha value is -1.77. The number of nitrogens with zero attached hydrogens (tertiary/aromatic N) is 1. The maximum absolute atomic E-state index is 5.34. The van der Waals surface area contributed by atoms with Gasteiger partial charge in [-0.05, 0) is 36.1 Å². The number of hydrogen-bond acceptors (Lipinski definition) is 3. The van der Waals surface area contributed by atoms with Crippen molar-refractivity contribution in [3.8, 4) is 5.75 Å². The van der Waals surface area contributed by atoms with Gasteiger partial charge in [-0.3, -0.25) is 0 Å². The second-order valence-corrected chi connectivity index (χ2v) is 5.90. The van der Waals surface area contributed by atoms with Gasteiger partial charge >= 0.3 is 0 Å². The molecule has 0 amide bonds. The molecule has 2 rings (SSSR count). The molecular formula is C16H22N2O. The molecule has 0 aliphatic carbocycles. The molecule has 0 atom stereocenters. The average molecular weight is 258 g/mol. The highest BCUT2D eigenvalue weighted by molar-refractivity contribution is 5.86. The fourth-order valence-electron chi connectivity index (χ4n) is 2.31. The first-order valence-electron chi connectivity index (χ1n) is 6.54. The summed E-state index contributed by atoms with van der Waals surface area (Å²) in [6.45, 7) is 8.66. The van der Waals surface area contributed by atoms with E-state index in [-0.39, 0.29) is 5.41 Å². The van der Waals surface area contributed by atoms with Crippen molar-refractivity contribution in [2.75, 3.05) is 19.5 Å². The monoisotopic (exact) mass is 258 g/mol. The summed E-state index contributed by atoms with van der Waals surface area (Å²) in [5, 5.41) is 4.33. The van der Waals surface area contributed by atoms with Crippen molar-refractivity contribution in [2.45, 2.75) is 33.1 Å². The largest absolute Gasteiger partial charge is 0.497 e. The summed E-state index contributed by atoms with van der Waals surface area (Å²) >= 11 is 0. The molecule has 1 heterocycles. The van der Waals surface area contributed by atoms with E-state index >= 15 is 0 Å². The van der Waals surface area contributed by atoms with E-state index < -0.39 is 0 Å². The first kappa shape index (κ1) is 13.7. The molecule has 1 aromatic heterocycles. The summed E-state index contributed by atoms with van der Waals surface area (Å²) in [4.78, 5) is 4.77. The molecule has 0 aliphatic heterocycles. The van der Waals surface area contributed by atoms with Gasteiger partial charge in [0.15, 0.2) is 0 Å². The number of ether oxygens (including phenoxy) is 1. The maximum Gasteiger partial charge on any atom is 0.130 e. The molecule has 0 fully saturated rings. The first-order chi connectivity index (χ1) is 8.86. The van der Waals surface area contributed by atoms with Gasteiger partial charge in [0.2, 0.25) is 0 Å². The number of nitrogens with one attached hydrogen (secondary N) is 1. The smallest absolute Gasteiger partial charge is 0.130 e. The van der Waals surface area contributed by atoms with Gasteiger partial charge < -0.3 is 10.1 Å². The number of benzene rings is 1. The van der Waals surface area contributed by atoms with E-state index in [9.17, 15) is 0 Å². The fraction of sp³-hybridized carbons (Fsp3) is 0.438. The Bertz CT molecular complexity index is 612. The summed E-state index contributed by atoms with van der Waals surface area (Å²) in [6, 6.07) is 6.28. The van der Waals surface area contributed by atoms with Crippen molar-refractivity contribution in [1.29, 1.82) is 0 Å². The zero-order valence-electron chi connectivity index (χ0n) is 12.6. The lowest BCUT2D eigenvalue weighted by Gasteiger charge is -2.23. The lowest BCUT2D eigenvalue weighted by Crippen LogP contribution is -2.15. The van der Waals surface area contributed by atoms with Gasteiger partial charge in [0.1, 0.15) is 11.6 Å². The molecule has 0 unspecified atom stereocenters. The van der Waals surface area contributed by atoms with Crippen LogP contribution in [-0.2, 0) is 5.41 Å². The molecule has 1 N–H and O–H groups in total. The van der Waals surface area contributed by atoms with E-state index in [0.717, 1.165) is 28.0 Å². The van der Waals surface area contributed by atoms with E-state index in [1.807, 2.05) is 19.2 Å². The van der Waals surface area contributed by atoms with Crippen LogP contribution in [-0.4, -0.2) is 19.1 Å². The highest BCUT2D eigenvalue weighted by Crippen LogP contribution is 2.33. The number of fused-ring (bicyclic) bond motifs is 1. The number of methoxy groups -OCH3 is 1. The van der Waals surface area contributed by atoms with Gasteiger partial charge in [-0.25, -0.2) is 4.98 Å². The lowest BCUT2D eigenvalue weighted by atomic mass is 9.86. The predicted octanol–water partition coefficient (Wildman–Crippen LogP) is 3.89. The van der Waals surface area contributed by atoms with E-state index in [1.165, 1.54) is 5.56 Å². The molecule has 0 bridgehead atoms. The minimum Gasteiger partial charge on any atom is -0.497 e. The van der Waals surface area contributed by atoms with Gasteiger partial charge in [-0.2, -0.15) is 0 Å². The third-order valence-corrected chi connectivity index (χ3v) is 3.36. The highest BCUT2D eigenvalue weighted by atomic mass is 16.5. The lowest BCUT2D eigenvalue weighted by molar-refractivity contribution is 0.415. The molecular weight excluding hydrogens is 236 g/mol. The number of aromatic nitrogens is 1. The Kier molecular flexibility index (Phi) is 3.40. The normalized spacial score (nSPS) is 11.7. The van der Waals surface area contributed by atoms with Crippen molar-refractivity contribution in [3.63, 3.8) is 0 Å². The molecule has 0 radical (unpaired) electrons. The Morgan fingerprint density at radius 3 is 2.37 bits per heavy atom. The molecule has 3 heteroatoms. The second kappa shape index (κ2) is 4.72. The number of aryl methyl sites for hydroxylation is 1. The minimum atomic E-state index is 0.0521. The zero-order valence-corrected chi connectivity index (χ0v) is 12.6. The quantitative estimate of drug-likeness (QED) is 0.887. The van der Waals surface area contributed by atoms with Gasteiger partial charge in [0.05, 0.1) is 12.6 Å². The van der Waals surface area contributed by atoms with Crippen molar-refractivity contribution in [2.24, 2.45) is 0 Å². The summed E-state index contributed by atoms with van der Waals surface area (Å²) in [5.74, 6) is 1.83. The van der Waals surface area contributed by atoms with Gasteiger partial charge in [0, 0.05) is 18.0 Å². The van der Waals surface area contributed by atoms with Gasteiger partial charge in [-0.15, -0.1) is 0 Å². The molecule has 2 aromatic rings. The summed E-state index contributed by atoms with van der Waals surface area (Å²) < 4.78 is 5.34. The Balaban J connectivity index is 2.78. The van der Waals surface area contributed by atoms with Crippen LogP contribution in [0.25, 0.3) is 10.9 Å². The van der Waals surface area contributed by atoms with E-state index in [4.69, 9.17) is 9.72 Å². The van der Waals surface area contributed by atoms with Crippen LogP contribution in [0.1, 0.15) is 31.9 Å². The topological polar surface area (TPSA) is 34.2 Å². The van der Waals surface area contributed by atoms with Crippen LogP contribution in [0, 0.1) is 6.92 Å². The van der Waals surface area contributed by atoms with Crippen LogP contribution < -0.4 is 10.1 Å².